The molecule has 0 radical (unpaired) electrons. The minimum atomic E-state index is -0.140. The molecule has 1 aliphatic rings. The smallest absolute Gasteiger partial charge is 0.263 e. The van der Waals surface area contributed by atoms with E-state index in [1.807, 2.05) is 13.8 Å². The van der Waals surface area contributed by atoms with Crippen molar-refractivity contribution in [2.45, 2.75) is 79.1 Å². The van der Waals surface area contributed by atoms with Crippen molar-refractivity contribution in [1.29, 1.82) is 0 Å². The lowest BCUT2D eigenvalue weighted by Crippen LogP contribution is -2.35. The van der Waals surface area contributed by atoms with Crippen molar-refractivity contribution in [1.82, 2.24) is 4.90 Å². The van der Waals surface area contributed by atoms with Gasteiger partial charge in [0.2, 0.25) is 0 Å². The molecule has 1 atom stereocenters. The fourth-order valence-corrected chi connectivity index (χ4v) is 6.32. The second-order valence-corrected chi connectivity index (χ2v) is 10.1. The van der Waals surface area contributed by atoms with Crippen LogP contribution in [0.1, 0.15) is 99.8 Å². The number of carbonyl (C=O) groups is 2. The Balaban J connectivity index is 0.00000163. The van der Waals surface area contributed by atoms with E-state index < -0.39 is 0 Å². The fourth-order valence-electron chi connectivity index (χ4n) is 3.22. The monoisotopic (exact) mass is 507 g/mol. The Morgan fingerprint density at radius 2 is 1.35 bits per heavy atom. The Labute approximate surface area is 179 Å². The summed E-state index contributed by atoms with van der Waals surface area (Å²) in [7, 11) is 0. The van der Waals surface area contributed by atoms with Crippen LogP contribution in [-0.2, 0) is 0 Å². The average molecular weight is 509 g/mol. The van der Waals surface area contributed by atoms with Gasteiger partial charge in [0.1, 0.15) is 0 Å². The Hall–Kier alpha value is -0.200. The molecule has 26 heavy (non-hydrogen) atoms. The zero-order chi connectivity index (χ0) is 19.7. The van der Waals surface area contributed by atoms with Crippen molar-refractivity contribution < 1.29 is 9.59 Å². The number of hydrogen-bond acceptors (Lipinski definition) is 3. The third-order valence-electron chi connectivity index (χ3n) is 4.61. The summed E-state index contributed by atoms with van der Waals surface area (Å²) in [5.41, 5.74) is 1.08. The number of amides is 2. The number of nitrogens with zero attached hydrogens (tertiary/aromatic N) is 1. The van der Waals surface area contributed by atoms with Gasteiger partial charge in [-0.15, -0.1) is 11.3 Å². The predicted molar refractivity (Wildman–Crippen MR) is 118 cm³/mol. The van der Waals surface area contributed by atoms with Gasteiger partial charge < -0.3 is 0 Å². The molecular formula is C20H31Br2NO2S. The molecule has 1 aromatic heterocycles. The second-order valence-electron chi connectivity index (χ2n) is 6.48. The first kappa shape index (κ1) is 23.8. The van der Waals surface area contributed by atoms with Crippen LogP contribution in [0.3, 0.4) is 0 Å². The maximum atomic E-state index is 12.7. The highest BCUT2D eigenvalue weighted by Crippen LogP contribution is 2.42. The summed E-state index contributed by atoms with van der Waals surface area (Å²) in [4.78, 5) is 26.8. The van der Waals surface area contributed by atoms with Crippen molar-refractivity contribution in [2.24, 2.45) is 5.92 Å². The maximum absolute atomic E-state index is 12.7. The van der Waals surface area contributed by atoms with Crippen LogP contribution in [-0.4, -0.2) is 23.3 Å². The topological polar surface area (TPSA) is 37.4 Å². The van der Waals surface area contributed by atoms with Crippen molar-refractivity contribution in [3.05, 3.63) is 18.7 Å². The summed E-state index contributed by atoms with van der Waals surface area (Å²) in [5.74, 6) is 0.137. The SMILES string of the molecule is CC.CCCCCCC(CCCC)CN1C(=O)c2c(Br)sc(Br)c2C1=O. The van der Waals surface area contributed by atoms with Gasteiger partial charge in [-0.2, -0.15) is 0 Å². The minimum absolute atomic E-state index is 0.140. The van der Waals surface area contributed by atoms with Gasteiger partial charge in [-0.1, -0.05) is 66.2 Å². The first-order valence-electron chi connectivity index (χ1n) is 9.85. The highest BCUT2D eigenvalue weighted by molar-refractivity contribution is 9.12. The van der Waals surface area contributed by atoms with E-state index in [1.54, 1.807) is 0 Å². The van der Waals surface area contributed by atoms with Gasteiger partial charge in [0.05, 0.1) is 18.7 Å². The summed E-state index contributed by atoms with van der Waals surface area (Å²) in [6.45, 7) is 8.96. The molecule has 0 bridgehead atoms. The standard InChI is InChI=1S/C18H25Br2NO2S.C2H6/c1-3-5-7-8-10-12(9-6-4-2)11-21-17(22)13-14(18(21)23)16(20)24-15(13)19;1-2/h12H,3-11H2,1-2H3;1-2H3. The van der Waals surface area contributed by atoms with Crippen LogP contribution in [0.5, 0.6) is 0 Å². The largest absolute Gasteiger partial charge is 0.274 e. The molecule has 1 aliphatic heterocycles. The van der Waals surface area contributed by atoms with E-state index in [0.29, 0.717) is 23.6 Å². The Morgan fingerprint density at radius 1 is 0.846 bits per heavy atom. The van der Waals surface area contributed by atoms with E-state index in [1.165, 1.54) is 41.9 Å². The number of hydrogen-bond donors (Lipinski definition) is 0. The zero-order valence-corrected chi connectivity index (χ0v) is 20.4. The molecule has 3 nitrogen and oxygen atoms in total. The van der Waals surface area contributed by atoms with Crippen molar-refractivity contribution in [3.8, 4) is 0 Å². The van der Waals surface area contributed by atoms with Gasteiger partial charge in [-0.25, -0.2) is 0 Å². The lowest BCUT2D eigenvalue weighted by molar-refractivity contribution is 0.0621. The molecule has 0 spiro atoms. The molecule has 0 aromatic carbocycles. The maximum Gasteiger partial charge on any atom is 0.263 e. The number of carbonyl (C=O) groups excluding carboxylic acids is 2. The van der Waals surface area contributed by atoms with Crippen LogP contribution in [0.4, 0.5) is 0 Å². The molecule has 148 valence electrons. The number of unbranched alkanes of at least 4 members (excludes halogenated alkanes) is 4. The molecule has 0 saturated heterocycles. The fraction of sp³-hybridized carbons (Fsp3) is 0.700. The molecule has 0 N–H and O–H groups in total. The van der Waals surface area contributed by atoms with Crippen LogP contribution in [0, 0.1) is 5.92 Å². The normalized spacial score (nSPS) is 14.3. The first-order valence-corrected chi connectivity index (χ1v) is 12.2. The number of halogens is 2. The van der Waals surface area contributed by atoms with Gasteiger partial charge in [-0.05, 0) is 50.6 Å². The minimum Gasteiger partial charge on any atom is -0.274 e. The highest BCUT2D eigenvalue weighted by Gasteiger charge is 2.41. The number of rotatable bonds is 10. The van der Waals surface area contributed by atoms with Crippen LogP contribution < -0.4 is 0 Å². The summed E-state index contributed by atoms with van der Waals surface area (Å²) in [6.07, 6.45) is 9.42. The summed E-state index contributed by atoms with van der Waals surface area (Å²) < 4.78 is 1.50. The van der Waals surface area contributed by atoms with Crippen molar-refractivity contribution in [3.63, 3.8) is 0 Å². The highest BCUT2D eigenvalue weighted by atomic mass is 79.9. The quantitative estimate of drug-likeness (QED) is 0.240. The third kappa shape index (κ3) is 5.90. The molecule has 1 aromatic rings. The summed E-state index contributed by atoms with van der Waals surface area (Å²) in [5, 5.41) is 0. The van der Waals surface area contributed by atoms with Crippen molar-refractivity contribution >= 4 is 55.0 Å². The molecule has 2 rings (SSSR count). The second kappa shape index (κ2) is 12.3. The molecule has 2 amide bonds. The summed E-state index contributed by atoms with van der Waals surface area (Å²) >= 11 is 8.24. The van der Waals surface area contributed by atoms with Crippen LogP contribution >= 0.6 is 43.2 Å². The molecule has 1 unspecified atom stereocenters. The lowest BCUT2D eigenvalue weighted by atomic mass is 9.94. The van der Waals surface area contributed by atoms with E-state index in [4.69, 9.17) is 0 Å². The number of imide groups is 1. The third-order valence-corrected chi connectivity index (χ3v) is 7.14. The van der Waals surface area contributed by atoms with E-state index in [9.17, 15) is 9.59 Å². The van der Waals surface area contributed by atoms with Gasteiger partial charge in [0.15, 0.2) is 0 Å². The predicted octanol–water partition coefficient (Wildman–Crippen LogP) is 7.67. The molecule has 0 fully saturated rings. The van der Waals surface area contributed by atoms with Crippen molar-refractivity contribution in [2.75, 3.05) is 6.54 Å². The van der Waals surface area contributed by atoms with E-state index in [0.717, 1.165) is 33.3 Å². The van der Waals surface area contributed by atoms with Crippen LogP contribution in [0.25, 0.3) is 0 Å². The molecule has 2 heterocycles. The molecule has 6 heteroatoms. The van der Waals surface area contributed by atoms with Gasteiger partial charge in [0.25, 0.3) is 11.8 Å². The van der Waals surface area contributed by atoms with Gasteiger partial charge in [-0.3, -0.25) is 14.5 Å². The average Bonchev–Trinajstić information content (AvgIpc) is 3.07. The molecular weight excluding hydrogens is 478 g/mol. The van der Waals surface area contributed by atoms with E-state index >= 15 is 0 Å². The van der Waals surface area contributed by atoms with E-state index in [2.05, 4.69) is 45.7 Å². The van der Waals surface area contributed by atoms with Crippen LogP contribution in [0.2, 0.25) is 0 Å². The molecule has 0 saturated carbocycles. The number of thiophene rings is 1. The van der Waals surface area contributed by atoms with Gasteiger partial charge in [0, 0.05) is 6.54 Å². The Morgan fingerprint density at radius 3 is 1.85 bits per heavy atom. The lowest BCUT2D eigenvalue weighted by Gasteiger charge is -2.23. The number of fused-ring (bicyclic) bond motifs is 1. The zero-order valence-electron chi connectivity index (χ0n) is 16.4. The first-order chi connectivity index (χ1) is 12.5. The van der Waals surface area contributed by atoms with E-state index in [-0.39, 0.29) is 11.8 Å². The molecule has 0 aliphatic carbocycles. The Bertz CT molecular complexity index is 564. The Kier molecular flexibility index (Phi) is 11.3. The summed E-state index contributed by atoms with van der Waals surface area (Å²) in [6, 6.07) is 0. The van der Waals surface area contributed by atoms with Gasteiger partial charge >= 0.3 is 0 Å². The van der Waals surface area contributed by atoms with Crippen LogP contribution in [0.15, 0.2) is 7.57 Å².